The lowest BCUT2D eigenvalue weighted by atomic mass is 9.88. The van der Waals surface area contributed by atoms with Crippen LogP contribution >= 0.6 is 0 Å². The Balaban J connectivity index is 1.83. The summed E-state index contributed by atoms with van der Waals surface area (Å²) in [4.78, 5) is 25.3. The molecule has 0 amide bonds. The number of hydrogen-bond acceptors (Lipinski definition) is 10. The minimum absolute atomic E-state index is 0.00761. The highest BCUT2D eigenvalue weighted by Gasteiger charge is 2.32. The van der Waals surface area contributed by atoms with Gasteiger partial charge in [0.25, 0.3) is 0 Å². The molecule has 1 aliphatic heterocycles. The van der Waals surface area contributed by atoms with E-state index >= 15 is 0 Å². The summed E-state index contributed by atoms with van der Waals surface area (Å²) in [6.45, 7) is 3.21. The molecular weight excluding hydrogens is 496 g/mol. The first-order valence-electron chi connectivity index (χ1n) is 11.6. The second-order valence-corrected chi connectivity index (χ2v) is 9.40. The normalized spacial score (nSPS) is 15.2. The lowest BCUT2D eigenvalue weighted by Gasteiger charge is -2.25. The van der Waals surface area contributed by atoms with Crippen LogP contribution in [0.25, 0.3) is 43.6 Å². The molecule has 192 valence electrons. The highest BCUT2D eigenvalue weighted by Crippen LogP contribution is 2.54. The molecule has 6 rings (SSSR count). The highest BCUT2D eigenvalue weighted by molar-refractivity contribution is 6.19. The molecule has 2 heterocycles. The maximum Gasteiger partial charge on any atom is 0.196 e. The van der Waals surface area contributed by atoms with E-state index in [0.29, 0.717) is 0 Å². The van der Waals surface area contributed by atoms with Gasteiger partial charge in [-0.2, -0.15) is 0 Å². The molecule has 1 aliphatic rings. The van der Waals surface area contributed by atoms with Gasteiger partial charge in [0.2, 0.25) is 0 Å². The second kappa shape index (κ2) is 7.69. The van der Waals surface area contributed by atoms with Crippen LogP contribution < -0.4 is 10.2 Å². The summed E-state index contributed by atoms with van der Waals surface area (Å²) in [5.41, 5.74) is -0.944. The molecule has 0 saturated carbocycles. The quantitative estimate of drug-likeness (QED) is 0.172. The molecule has 5 aromatic rings. The van der Waals surface area contributed by atoms with Gasteiger partial charge in [-0.3, -0.25) is 9.59 Å². The van der Waals surface area contributed by atoms with E-state index in [1.807, 2.05) is 0 Å². The van der Waals surface area contributed by atoms with Gasteiger partial charge in [-0.25, -0.2) is 0 Å². The number of rotatable bonds is 1. The van der Waals surface area contributed by atoms with Crippen molar-refractivity contribution >= 4 is 38.3 Å². The van der Waals surface area contributed by atoms with E-state index in [4.69, 9.17) is 9.15 Å². The Morgan fingerprint density at radius 2 is 1.29 bits per heavy atom. The van der Waals surface area contributed by atoms with Crippen LogP contribution in [0.15, 0.2) is 39.5 Å². The first-order chi connectivity index (χ1) is 18.0. The van der Waals surface area contributed by atoms with Gasteiger partial charge in [0.05, 0.1) is 10.8 Å². The molecule has 1 unspecified atom stereocenters. The average molecular weight is 516 g/mol. The Morgan fingerprint density at radius 3 is 1.92 bits per heavy atom. The molecule has 0 radical (unpaired) electrons. The predicted molar refractivity (Wildman–Crippen MR) is 137 cm³/mol. The minimum Gasteiger partial charge on any atom is -0.507 e. The van der Waals surface area contributed by atoms with Crippen molar-refractivity contribution in [2.24, 2.45) is 0 Å². The summed E-state index contributed by atoms with van der Waals surface area (Å²) in [5.74, 6) is -3.45. The number of Topliss-reactive ketones (excluding diaryl/α,β-unsaturated/α-hetero) is 1. The van der Waals surface area contributed by atoms with E-state index in [-0.39, 0.29) is 67.1 Å². The largest absolute Gasteiger partial charge is 0.507 e. The number of phenols is 6. The molecule has 1 atom stereocenters. The summed E-state index contributed by atoms with van der Waals surface area (Å²) in [6.07, 6.45) is -0.489. The van der Waals surface area contributed by atoms with Crippen LogP contribution in [-0.4, -0.2) is 42.5 Å². The molecular formula is C28H20O10. The zero-order valence-corrected chi connectivity index (χ0v) is 20.0. The van der Waals surface area contributed by atoms with E-state index < -0.39 is 51.8 Å². The fourth-order valence-electron chi connectivity index (χ4n) is 5.31. The molecule has 0 aliphatic carbocycles. The van der Waals surface area contributed by atoms with E-state index in [1.54, 1.807) is 6.92 Å². The Hall–Kier alpha value is -5.12. The number of aromatic hydroxyl groups is 6. The lowest BCUT2D eigenvalue weighted by Crippen LogP contribution is -2.24. The maximum atomic E-state index is 12.7. The van der Waals surface area contributed by atoms with Crippen molar-refractivity contribution < 1.29 is 44.6 Å². The summed E-state index contributed by atoms with van der Waals surface area (Å²) in [6, 6.07) is 5.73. The van der Waals surface area contributed by atoms with Crippen molar-refractivity contribution in [1.29, 1.82) is 0 Å². The minimum atomic E-state index is -0.601. The molecule has 0 spiro atoms. The van der Waals surface area contributed by atoms with Gasteiger partial charge in [0.15, 0.2) is 11.2 Å². The van der Waals surface area contributed by atoms with Crippen molar-refractivity contribution in [1.82, 2.24) is 0 Å². The van der Waals surface area contributed by atoms with Crippen molar-refractivity contribution in [3.8, 4) is 51.4 Å². The Bertz CT molecular complexity index is 1950. The first-order valence-corrected chi connectivity index (χ1v) is 11.6. The molecule has 10 nitrogen and oxygen atoms in total. The second-order valence-electron chi connectivity index (χ2n) is 9.40. The summed E-state index contributed by atoms with van der Waals surface area (Å²) in [7, 11) is 0. The Labute approximate surface area is 212 Å². The summed E-state index contributed by atoms with van der Waals surface area (Å²) >= 11 is 0. The molecule has 10 heteroatoms. The molecule has 0 bridgehead atoms. The van der Waals surface area contributed by atoms with Gasteiger partial charge < -0.3 is 39.8 Å². The van der Waals surface area contributed by atoms with E-state index in [1.165, 1.54) is 25.1 Å². The van der Waals surface area contributed by atoms with Gasteiger partial charge in [0.1, 0.15) is 68.6 Å². The predicted octanol–water partition coefficient (Wildman–Crippen LogP) is 4.66. The third-order valence-electron chi connectivity index (χ3n) is 6.82. The number of hydrogen-bond donors (Lipinski definition) is 6. The van der Waals surface area contributed by atoms with Crippen LogP contribution in [0.1, 0.15) is 29.5 Å². The van der Waals surface area contributed by atoms with Gasteiger partial charge in [0, 0.05) is 46.5 Å². The number of aryl methyl sites for hydroxylation is 1. The van der Waals surface area contributed by atoms with Gasteiger partial charge >= 0.3 is 0 Å². The Morgan fingerprint density at radius 1 is 0.711 bits per heavy atom. The number of carbonyl (C=O) groups is 1. The zero-order valence-electron chi connectivity index (χ0n) is 20.0. The number of fused-ring (bicyclic) bond motifs is 4. The van der Waals surface area contributed by atoms with Crippen molar-refractivity contribution in [2.45, 2.75) is 26.4 Å². The topological polar surface area (TPSA) is 178 Å². The third kappa shape index (κ3) is 3.06. The molecule has 6 N–H and O–H groups in total. The third-order valence-corrected chi connectivity index (χ3v) is 6.82. The molecule has 0 saturated heterocycles. The standard InChI is InChI=1S/C28H20O10/c1-9-3-13(29)25-19(37-9)5-11-21(15(31)7-17(33)23(11)27(25)35)22-12-6-20-26(14(30)4-10(2)38-20)28(36)24(12)18(34)8-16(22)32/h3,5-8,10,31-36H,4H2,1-2H3. The number of phenolic OH excluding ortho intramolecular Hbond substituents is 6. The number of benzene rings is 4. The van der Waals surface area contributed by atoms with Crippen LogP contribution in [0.4, 0.5) is 0 Å². The van der Waals surface area contributed by atoms with E-state index in [2.05, 4.69) is 0 Å². The number of ether oxygens (including phenoxy) is 1. The van der Waals surface area contributed by atoms with Crippen LogP contribution in [0.3, 0.4) is 0 Å². The average Bonchev–Trinajstić information content (AvgIpc) is 2.79. The zero-order chi connectivity index (χ0) is 27.2. The number of carbonyl (C=O) groups excluding carboxylic acids is 1. The van der Waals surface area contributed by atoms with Gasteiger partial charge in [-0.15, -0.1) is 0 Å². The van der Waals surface area contributed by atoms with Crippen LogP contribution in [0.2, 0.25) is 0 Å². The van der Waals surface area contributed by atoms with Crippen molar-refractivity contribution in [2.75, 3.05) is 0 Å². The SMILES string of the molecule is Cc1cc(=O)c2c(O)c3c(O)cc(O)c(-c4c(O)cc(O)c5c(O)c6c(cc45)OC(C)CC6=O)c3cc2o1. The summed E-state index contributed by atoms with van der Waals surface area (Å²) < 4.78 is 11.4. The smallest absolute Gasteiger partial charge is 0.196 e. The fourth-order valence-corrected chi connectivity index (χ4v) is 5.31. The first kappa shape index (κ1) is 23.3. The molecule has 38 heavy (non-hydrogen) atoms. The number of ketones is 1. The monoisotopic (exact) mass is 516 g/mol. The molecule has 4 aromatic carbocycles. The van der Waals surface area contributed by atoms with E-state index in [0.717, 1.165) is 12.1 Å². The Kier molecular flexibility index (Phi) is 4.71. The van der Waals surface area contributed by atoms with Gasteiger partial charge in [-0.1, -0.05) is 0 Å². The van der Waals surface area contributed by atoms with Crippen molar-refractivity contribution in [3.63, 3.8) is 0 Å². The van der Waals surface area contributed by atoms with Crippen LogP contribution in [0.5, 0.6) is 40.2 Å². The highest BCUT2D eigenvalue weighted by atomic mass is 16.5. The fraction of sp³-hybridized carbons (Fsp3) is 0.143. The lowest BCUT2D eigenvalue weighted by molar-refractivity contribution is 0.0867. The maximum absolute atomic E-state index is 12.7. The van der Waals surface area contributed by atoms with Gasteiger partial charge in [-0.05, 0) is 26.0 Å². The molecule has 1 aromatic heterocycles. The van der Waals surface area contributed by atoms with Crippen molar-refractivity contribution in [3.05, 3.63) is 51.9 Å². The van der Waals surface area contributed by atoms with E-state index in [9.17, 15) is 40.2 Å². The summed E-state index contributed by atoms with van der Waals surface area (Å²) in [5, 5.41) is 64.8. The van der Waals surface area contributed by atoms with Crippen LogP contribution in [-0.2, 0) is 0 Å². The van der Waals surface area contributed by atoms with Crippen LogP contribution in [0, 0.1) is 6.92 Å². The molecule has 0 fully saturated rings.